The summed E-state index contributed by atoms with van der Waals surface area (Å²) in [6.45, 7) is 4.69. The van der Waals surface area contributed by atoms with Gasteiger partial charge in [0.2, 0.25) is 0 Å². The molecule has 8 heteroatoms. The Balaban J connectivity index is 1.29. The lowest BCUT2D eigenvalue weighted by atomic mass is 9.86. The third-order valence-electron chi connectivity index (χ3n) is 7.49. The van der Waals surface area contributed by atoms with E-state index < -0.39 is 0 Å². The van der Waals surface area contributed by atoms with E-state index in [1.165, 1.54) is 5.56 Å². The Kier molecular flexibility index (Phi) is 6.04. The maximum absolute atomic E-state index is 13.5. The Labute approximate surface area is 210 Å². The molecule has 0 aliphatic carbocycles. The summed E-state index contributed by atoms with van der Waals surface area (Å²) in [5.41, 5.74) is 5.12. The second kappa shape index (κ2) is 9.33. The molecule has 6 rings (SSSR count). The van der Waals surface area contributed by atoms with Crippen molar-refractivity contribution >= 4 is 29.4 Å². The lowest BCUT2D eigenvalue weighted by Gasteiger charge is -2.45. The molecule has 3 amide bonds. The number of carbonyl (C=O) groups is 2. The predicted octanol–water partition coefficient (Wildman–Crippen LogP) is 3.32. The predicted molar refractivity (Wildman–Crippen MR) is 140 cm³/mol. The molecule has 3 fully saturated rings. The van der Waals surface area contributed by atoms with Crippen molar-refractivity contribution in [3.63, 3.8) is 0 Å². The highest BCUT2D eigenvalue weighted by Crippen LogP contribution is 2.48. The van der Waals surface area contributed by atoms with Gasteiger partial charge in [-0.2, -0.15) is 0 Å². The van der Waals surface area contributed by atoms with E-state index in [9.17, 15) is 9.59 Å². The summed E-state index contributed by atoms with van der Waals surface area (Å²) in [4.78, 5) is 29.3. The SMILES string of the molecule is Cc1ccc(-c2cccc(N3C(=O)NC4=C(C(=O)N[C@@H]5CCCNC5)SC5NCCC3C45)c2)cc1. The zero-order chi connectivity index (χ0) is 23.9. The molecule has 4 aliphatic rings. The van der Waals surface area contributed by atoms with Crippen LogP contribution in [-0.2, 0) is 4.79 Å². The number of rotatable bonds is 4. The van der Waals surface area contributed by atoms with E-state index in [0.717, 1.165) is 61.4 Å². The Morgan fingerprint density at radius 3 is 2.74 bits per heavy atom. The number of thioether (sulfide) groups is 1. The van der Waals surface area contributed by atoms with E-state index in [1.54, 1.807) is 11.8 Å². The molecule has 3 unspecified atom stereocenters. The van der Waals surface area contributed by atoms with Crippen LogP contribution in [0.4, 0.5) is 10.5 Å². The molecule has 4 heterocycles. The average Bonchev–Trinajstić information content (AvgIpc) is 3.25. The van der Waals surface area contributed by atoms with Gasteiger partial charge in [0.05, 0.1) is 16.3 Å². The van der Waals surface area contributed by atoms with Crippen molar-refractivity contribution in [3.8, 4) is 11.1 Å². The number of nitrogens with one attached hydrogen (secondary N) is 4. The Morgan fingerprint density at radius 2 is 1.94 bits per heavy atom. The first kappa shape index (κ1) is 22.6. The number of carbonyl (C=O) groups excluding carboxylic acids is 2. The van der Waals surface area contributed by atoms with Crippen LogP contribution in [0, 0.1) is 12.8 Å². The second-order valence-corrected chi connectivity index (χ2v) is 11.0. The Morgan fingerprint density at radius 1 is 1.09 bits per heavy atom. The molecule has 7 nitrogen and oxygen atoms in total. The van der Waals surface area contributed by atoms with E-state index >= 15 is 0 Å². The fourth-order valence-electron chi connectivity index (χ4n) is 5.73. The van der Waals surface area contributed by atoms with Gasteiger partial charge in [-0.25, -0.2) is 4.79 Å². The average molecular weight is 490 g/mol. The molecule has 2 aromatic rings. The fourth-order valence-corrected chi connectivity index (χ4v) is 7.13. The maximum atomic E-state index is 13.5. The van der Waals surface area contributed by atoms with Crippen molar-refractivity contribution in [1.82, 2.24) is 21.3 Å². The van der Waals surface area contributed by atoms with Crippen LogP contribution in [0.2, 0.25) is 0 Å². The lowest BCUT2D eigenvalue weighted by Crippen LogP contribution is -2.62. The minimum absolute atomic E-state index is 0.00687. The molecule has 0 spiro atoms. The highest BCUT2D eigenvalue weighted by molar-refractivity contribution is 8.04. The topological polar surface area (TPSA) is 85.5 Å². The first-order chi connectivity index (χ1) is 17.1. The van der Waals surface area contributed by atoms with Gasteiger partial charge in [-0.05, 0) is 62.5 Å². The first-order valence-corrected chi connectivity index (χ1v) is 13.4. The number of anilines is 1. The number of hydrogen-bond acceptors (Lipinski definition) is 5. The highest BCUT2D eigenvalue weighted by Gasteiger charge is 2.51. The van der Waals surface area contributed by atoms with Crippen LogP contribution in [0.1, 0.15) is 24.8 Å². The maximum Gasteiger partial charge on any atom is 0.326 e. The number of benzene rings is 2. The molecular formula is C27H31N5O2S. The van der Waals surface area contributed by atoms with Gasteiger partial charge in [0.15, 0.2) is 0 Å². The van der Waals surface area contributed by atoms with Gasteiger partial charge in [0.1, 0.15) is 0 Å². The number of hydrogen-bond donors (Lipinski definition) is 4. The minimum atomic E-state index is -0.157. The minimum Gasteiger partial charge on any atom is -0.348 e. The molecule has 3 saturated heterocycles. The monoisotopic (exact) mass is 489 g/mol. The summed E-state index contributed by atoms with van der Waals surface area (Å²) >= 11 is 1.56. The summed E-state index contributed by atoms with van der Waals surface area (Å²) < 4.78 is 0. The Bertz CT molecular complexity index is 1170. The van der Waals surface area contributed by atoms with Crippen LogP contribution in [0.25, 0.3) is 11.1 Å². The third kappa shape index (κ3) is 4.24. The number of aryl methyl sites for hydroxylation is 1. The second-order valence-electron chi connectivity index (χ2n) is 9.85. The molecule has 0 bridgehead atoms. The number of nitrogens with zero attached hydrogens (tertiary/aromatic N) is 1. The van der Waals surface area contributed by atoms with E-state index in [1.807, 2.05) is 17.0 Å². The van der Waals surface area contributed by atoms with Crippen LogP contribution in [0.3, 0.4) is 0 Å². The largest absolute Gasteiger partial charge is 0.348 e. The smallest absolute Gasteiger partial charge is 0.326 e. The van der Waals surface area contributed by atoms with Crippen molar-refractivity contribution < 1.29 is 9.59 Å². The van der Waals surface area contributed by atoms with E-state index in [0.29, 0.717) is 4.91 Å². The molecule has 35 heavy (non-hydrogen) atoms. The molecule has 0 saturated carbocycles. The van der Waals surface area contributed by atoms with E-state index in [-0.39, 0.29) is 35.3 Å². The number of amides is 3. The zero-order valence-electron chi connectivity index (χ0n) is 19.8. The van der Waals surface area contributed by atoms with Crippen molar-refractivity contribution in [2.75, 3.05) is 24.5 Å². The molecule has 0 aromatic heterocycles. The molecule has 0 radical (unpaired) electrons. The highest BCUT2D eigenvalue weighted by atomic mass is 32.2. The fraction of sp³-hybridized carbons (Fsp3) is 0.407. The van der Waals surface area contributed by atoms with Gasteiger partial charge in [-0.3, -0.25) is 9.69 Å². The molecule has 4 atom stereocenters. The van der Waals surface area contributed by atoms with E-state index in [2.05, 4.69) is 64.6 Å². The molecule has 182 valence electrons. The standard InChI is InChI=1S/C27H31N5O2S/c1-16-7-9-17(10-8-16)18-4-2-6-20(14-18)32-21-11-13-29-26-22(21)23(31-27(32)34)24(35-26)25(33)30-19-5-3-12-28-15-19/h2,4,6-10,14,19,21-22,26,28-29H,3,5,11-13,15H2,1H3,(H,30,33)(H,31,34)/t19-,21?,22?,26?/m1/s1. The van der Waals surface area contributed by atoms with Crippen LogP contribution < -0.4 is 26.2 Å². The van der Waals surface area contributed by atoms with Crippen LogP contribution >= 0.6 is 11.8 Å². The molecule has 4 aliphatic heterocycles. The quantitative estimate of drug-likeness (QED) is 0.530. The van der Waals surface area contributed by atoms with Crippen molar-refractivity contribution in [2.45, 2.75) is 43.6 Å². The van der Waals surface area contributed by atoms with Gasteiger partial charge in [0, 0.05) is 29.9 Å². The lowest BCUT2D eigenvalue weighted by molar-refractivity contribution is -0.117. The van der Waals surface area contributed by atoms with Crippen molar-refractivity contribution in [2.24, 2.45) is 5.92 Å². The van der Waals surface area contributed by atoms with Gasteiger partial charge in [0.25, 0.3) is 5.91 Å². The summed E-state index contributed by atoms with van der Waals surface area (Å²) in [6.07, 6.45) is 2.89. The van der Waals surface area contributed by atoms with Crippen LogP contribution in [-0.4, -0.2) is 49.0 Å². The summed E-state index contributed by atoms with van der Waals surface area (Å²) in [7, 11) is 0. The molecule has 4 N–H and O–H groups in total. The molecule has 2 aromatic carbocycles. The third-order valence-corrected chi connectivity index (χ3v) is 8.84. The first-order valence-electron chi connectivity index (χ1n) is 12.5. The summed E-state index contributed by atoms with van der Waals surface area (Å²) in [5, 5.41) is 13.3. The Hall–Kier alpha value is -2.81. The zero-order valence-corrected chi connectivity index (χ0v) is 20.7. The van der Waals surface area contributed by atoms with Crippen LogP contribution in [0.15, 0.2) is 59.1 Å². The van der Waals surface area contributed by atoms with Crippen molar-refractivity contribution in [1.29, 1.82) is 0 Å². The van der Waals surface area contributed by atoms with E-state index in [4.69, 9.17) is 0 Å². The number of piperidine rings is 2. The summed E-state index contributed by atoms with van der Waals surface area (Å²) in [6, 6.07) is 16.6. The van der Waals surface area contributed by atoms with Crippen LogP contribution in [0.5, 0.6) is 0 Å². The van der Waals surface area contributed by atoms with Gasteiger partial charge < -0.3 is 21.3 Å². The van der Waals surface area contributed by atoms with Crippen molar-refractivity contribution in [3.05, 3.63) is 64.7 Å². The van der Waals surface area contributed by atoms with Gasteiger partial charge in [-0.15, -0.1) is 0 Å². The number of urea groups is 1. The van der Waals surface area contributed by atoms with Gasteiger partial charge in [-0.1, -0.05) is 53.7 Å². The van der Waals surface area contributed by atoms with Gasteiger partial charge >= 0.3 is 6.03 Å². The molecular weight excluding hydrogens is 458 g/mol. The summed E-state index contributed by atoms with van der Waals surface area (Å²) in [5.74, 6) is -0.0107. The normalized spacial score (nSPS) is 27.9.